The monoisotopic (exact) mass is 401 g/mol. The summed E-state index contributed by atoms with van der Waals surface area (Å²) in [5.41, 5.74) is 4.25. The number of nitriles is 1. The first-order valence-electron chi connectivity index (χ1n) is 10.1. The average molecular weight is 401 g/mol. The molecule has 0 aliphatic heterocycles. The number of aromatic nitrogens is 1. The molecule has 0 unspecified atom stereocenters. The van der Waals surface area contributed by atoms with Crippen LogP contribution in [-0.2, 0) is 17.6 Å². The Morgan fingerprint density at radius 1 is 1.30 bits per heavy atom. The molecule has 1 N–H and O–H groups in total. The van der Waals surface area contributed by atoms with Gasteiger partial charge in [-0.3, -0.25) is 10.1 Å². The highest BCUT2D eigenvalue weighted by molar-refractivity contribution is 5.78. The van der Waals surface area contributed by atoms with Gasteiger partial charge in [-0.25, -0.2) is 4.98 Å². The highest BCUT2D eigenvalue weighted by atomic mass is 16.5. The van der Waals surface area contributed by atoms with Gasteiger partial charge in [0, 0.05) is 18.4 Å². The topological polar surface area (TPSA) is 88.2 Å². The van der Waals surface area contributed by atoms with Gasteiger partial charge in [0.15, 0.2) is 6.19 Å². The minimum atomic E-state index is -0.228. The number of carbonyl (C=O) groups excluding carboxylic acids is 1. The van der Waals surface area contributed by atoms with Crippen LogP contribution in [0.2, 0.25) is 0 Å². The van der Waals surface area contributed by atoms with E-state index in [1.807, 2.05) is 49.4 Å². The minimum Gasteiger partial charge on any atom is -0.493 e. The van der Waals surface area contributed by atoms with Crippen molar-refractivity contribution in [1.82, 2.24) is 10.3 Å². The summed E-state index contributed by atoms with van der Waals surface area (Å²) in [6.07, 6.45) is 4.53. The smallest absolute Gasteiger partial charge is 0.233 e. The second-order valence-electron chi connectivity index (χ2n) is 7.45. The second kappa shape index (κ2) is 8.83. The lowest BCUT2D eigenvalue weighted by Gasteiger charge is -2.11. The van der Waals surface area contributed by atoms with Crippen molar-refractivity contribution in [3.05, 3.63) is 71.1 Å². The van der Waals surface area contributed by atoms with E-state index in [4.69, 9.17) is 14.4 Å². The Morgan fingerprint density at radius 3 is 2.93 bits per heavy atom. The van der Waals surface area contributed by atoms with Gasteiger partial charge < -0.3 is 9.15 Å². The normalized spacial score (nSPS) is 14.7. The Kier molecular flexibility index (Phi) is 5.80. The molecule has 6 nitrogen and oxygen atoms in total. The quantitative estimate of drug-likeness (QED) is 0.471. The third-order valence-corrected chi connectivity index (χ3v) is 5.46. The molecule has 1 aliphatic carbocycles. The summed E-state index contributed by atoms with van der Waals surface area (Å²) < 4.78 is 11.8. The van der Waals surface area contributed by atoms with E-state index in [-0.39, 0.29) is 11.8 Å². The lowest BCUT2D eigenvalue weighted by Crippen LogP contribution is -2.19. The zero-order valence-corrected chi connectivity index (χ0v) is 16.9. The number of carbonyl (C=O) groups is 1. The fourth-order valence-corrected chi connectivity index (χ4v) is 3.95. The molecule has 1 aromatic heterocycles. The van der Waals surface area contributed by atoms with E-state index in [0.717, 1.165) is 35.6 Å². The summed E-state index contributed by atoms with van der Waals surface area (Å²) in [4.78, 5) is 16.3. The maximum Gasteiger partial charge on any atom is 0.233 e. The molecular formula is C24H23N3O3. The molecule has 1 atom stereocenters. The number of benzene rings is 2. The third-order valence-electron chi connectivity index (χ3n) is 5.46. The fraction of sp³-hybridized carbons (Fsp3) is 0.292. The number of nitrogens with zero attached hydrogens (tertiary/aromatic N) is 2. The van der Waals surface area contributed by atoms with Gasteiger partial charge in [-0.15, -0.1) is 0 Å². The molecule has 0 fully saturated rings. The highest BCUT2D eigenvalue weighted by Gasteiger charge is 2.25. The molecule has 1 aliphatic rings. The van der Waals surface area contributed by atoms with Crippen molar-refractivity contribution >= 4 is 5.91 Å². The summed E-state index contributed by atoms with van der Waals surface area (Å²) in [6.45, 7) is 2.43. The molecule has 3 aromatic rings. The highest BCUT2D eigenvalue weighted by Crippen LogP contribution is 2.37. The van der Waals surface area contributed by atoms with E-state index in [2.05, 4.69) is 16.4 Å². The molecule has 6 heteroatoms. The molecule has 0 saturated heterocycles. The van der Waals surface area contributed by atoms with E-state index in [9.17, 15) is 4.79 Å². The number of aryl methyl sites for hydroxylation is 2. The van der Waals surface area contributed by atoms with Crippen LogP contribution in [0, 0.1) is 18.4 Å². The third kappa shape index (κ3) is 4.36. The molecule has 0 radical (unpaired) electrons. The van der Waals surface area contributed by atoms with Crippen LogP contribution in [0.3, 0.4) is 0 Å². The number of nitrogens with one attached hydrogen (secondary N) is 1. The fourth-order valence-electron chi connectivity index (χ4n) is 3.95. The van der Waals surface area contributed by atoms with Crippen molar-refractivity contribution in [2.45, 2.75) is 38.5 Å². The second-order valence-corrected chi connectivity index (χ2v) is 7.45. The van der Waals surface area contributed by atoms with Gasteiger partial charge in [-0.05, 0) is 61.1 Å². The summed E-state index contributed by atoms with van der Waals surface area (Å²) in [6, 6.07) is 15.9. The largest absolute Gasteiger partial charge is 0.493 e. The van der Waals surface area contributed by atoms with Gasteiger partial charge in [0.1, 0.15) is 11.5 Å². The number of hydrogen-bond acceptors (Lipinski definition) is 5. The van der Waals surface area contributed by atoms with Crippen molar-refractivity contribution in [1.29, 1.82) is 5.26 Å². The lowest BCUT2D eigenvalue weighted by atomic mass is 9.97. The van der Waals surface area contributed by atoms with Gasteiger partial charge in [0.2, 0.25) is 11.8 Å². The summed E-state index contributed by atoms with van der Waals surface area (Å²) in [7, 11) is 0. The van der Waals surface area contributed by atoms with Crippen molar-refractivity contribution in [3.8, 4) is 23.4 Å². The Balaban J connectivity index is 1.35. The number of ether oxygens (including phenoxy) is 1. The Labute approximate surface area is 175 Å². The first-order chi connectivity index (χ1) is 14.6. The first-order valence-corrected chi connectivity index (χ1v) is 10.1. The Hall–Kier alpha value is -3.59. The maximum atomic E-state index is 11.7. The van der Waals surface area contributed by atoms with Gasteiger partial charge >= 0.3 is 0 Å². The van der Waals surface area contributed by atoms with E-state index in [1.54, 1.807) is 6.19 Å². The minimum absolute atomic E-state index is 0.164. The van der Waals surface area contributed by atoms with Crippen LogP contribution in [0.4, 0.5) is 0 Å². The standard InChI is InChI=1S/C24H23N3O3/c1-16-22(27-24(30-16)17-5-3-2-4-6-17)11-12-29-20-9-10-21-18(13-20)7-8-19(21)14-23(28)26-15-25/h2-6,9-10,13,19H,7-8,11-12,14H2,1H3,(H,26,28)/t19-/m0/s1. The van der Waals surface area contributed by atoms with E-state index in [1.165, 1.54) is 11.1 Å². The molecular weight excluding hydrogens is 378 g/mol. The van der Waals surface area contributed by atoms with Crippen LogP contribution in [0.1, 0.15) is 41.3 Å². The maximum absolute atomic E-state index is 11.7. The molecule has 2 aromatic carbocycles. The number of rotatable bonds is 7. The SMILES string of the molecule is Cc1oc(-c2ccccc2)nc1CCOc1ccc2c(c1)CC[C@H]2CC(=O)NC#N. The van der Waals surface area contributed by atoms with Crippen LogP contribution in [0.25, 0.3) is 11.5 Å². The molecule has 4 rings (SSSR count). The average Bonchev–Trinajstić information content (AvgIpc) is 3.32. The number of oxazole rings is 1. The van der Waals surface area contributed by atoms with Gasteiger partial charge in [0.25, 0.3) is 0 Å². The molecule has 152 valence electrons. The molecule has 1 heterocycles. The van der Waals surface area contributed by atoms with Crippen molar-refractivity contribution < 1.29 is 13.9 Å². The van der Waals surface area contributed by atoms with E-state index < -0.39 is 0 Å². The zero-order valence-electron chi connectivity index (χ0n) is 16.9. The Bertz CT molecular complexity index is 1080. The predicted molar refractivity (Wildman–Crippen MR) is 112 cm³/mol. The molecule has 0 saturated carbocycles. The summed E-state index contributed by atoms with van der Waals surface area (Å²) in [5, 5.41) is 10.8. The summed E-state index contributed by atoms with van der Waals surface area (Å²) >= 11 is 0. The van der Waals surface area contributed by atoms with Crippen LogP contribution in [0.15, 0.2) is 52.9 Å². The van der Waals surface area contributed by atoms with Crippen molar-refractivity contribution in [2.75, 3.05) is 6.61 Å². The number of fused-ring (bicyclic) bond motifs is 1. The molecule has 0 bridgehead atoms. The van der Waals surface area contributed by atoms with Gasteiger partial charge in [0.05, 0.1) is 12.3 Å². The van der Waals surface area contributed by atoms with Crippen LogP contribution >= 0.6 is 0 Å². The van der Waals surface area contributed by atoms with Gasteiger partial charge in [-0.1, -0.05) is 24.3 Å². The predicted octanol–water partition coefficient (Wildman–Crippen LogP) is 4.29. The molecule has 0 spiro atoms. The van der Waals surface area contributed by atoms with Crippen LogP contribution < -0.4 is 10.1 Å². The summed E-state index contributed by atoms with van der Waals surface area (Å²) in [5.74, 6) is 2.20. The molecule has 1 amide bonds. The lowest BCUT2D eigenvalue weighted by molar-refractivity contribution is -0.120. The van der Waals surface area contributed by atoms with Crippen LogP contribution in [-0.4, -0.2) is 17.5 Å². The number of hydrogen-bond donors (Lipinski definition) is 1. The van der Waals surface area contributed by atoms with Gasteiger partial charge in [-0.2, -0.15) is 5.26 Å². The van der Waals surface area contributed by atoms with Crippen molar-refractivity contribution in [2.24, 2.45) is 0 Å². The first kappa shape index (κ1) is 19.7. The Morgan fingerprint density at radius 2 is 2.13 bits per heavy atom. The van der Waals surface area contributed by atoms with E-state index >= 15 is 0 Å². The van der Waals surface area contributed by atoms with E-state index in [0.29, 0.717) is 25.3 Å². The van der Waals surface area contributed by atoms with Crippen molar-refractivity contribution in [3.63, 3.8) is 0 Å². The number of amides is 1. The molecule has 30 heavy (non-hydrogen) atoms. The van der Waals surface area contributed by atoms with Crippen LogP contribution in [0.5, 0.6) is 5.75 Å². The zero-order chi connectivity index (χ0) is 20.9.